The molecule has 0 saturated carbocycles. The first-order chi connectivity index (χ1) is 11.2. The summed E-state index contributed by atoms with van der Waals surface area (Å²) < 4.78 is 0. The van der Waals surface area contributed by atoms with Gasteiger partial charge in [-0.3, -0.25) is 0 Å². The van der Waals surface area contributed by atoms with Crippen LogP contribution in [0.4, 0.5) is 23.0 Å². The highest BCUT2D eigenvalue weighted by Crippen LogP contribution is 2.26. The molecule has 3 aromatic rings. The Bertz CT molecular complexity index is 775. The zero-order valence-electron chi connectivity index (χ0n) is 12.3. The summed E-state index contributed by atoms with van der Waals surface area (Å²) >= 11 is 5.88. The van der Waals surface area contributed by atoms with Crippen LogP contribution in [-0.4, -0.2) is 9.97 Å². The van der Waals surface area contributed by atoms with Gasteiger partial charge in [0.25, 0.3) is 0 Å². The van der Waals surface area contributed by atoms with E-state index in [-0.39, 0.29) is 0 Å². The van der Waals surface area contributed by atoms with E-state index in [0.717, 1.165) is 11.3 Å². The number of hydrogen-bond donors (Lipinski definition) is 3. The number of rotatable bonds is 5. The van der Waals surface area contributed by atoms with Crippen molar-refractivity contribution in [3.63, 3.8) is 0 Å². The van der Waals surface area contributed by atoms with Crippen LogP contribution in [0, 0.1) is 0 Å². The molecule has 116 valence electrons. The second kappa shape index (κ2) is 6.98. The molecular weight excluding hydrogens is 310 g/mol. The molecule has 0 aliphatic rings. The summed E-state index contributed by atoms with van der Waals surface area (Å²) in [4.78, 5) is 8.39. The summed E-state index contributed by atoms with van der Waals surface area (Å²) in [5.41, 5.74) is 8.63. The predicted octanol–water partition coefficient (Wildman–Crippen LogP) is 4.07. The van der Waals surface area contributed by atoms with Gasteiger partial charge in [0.05, 0.1) is 0 Å². The minimum atomic E-state index is 0.471. The first-order valence-electron chi connectivity index (χ1n) is 7.13. The standard InChI is InChI=1S/C17H16ClN5/c18-13-6-8-14(9-7-13)23-17-15(19)16(21-11-22-17)20-10-12-4-2-1-3-5-12/h1-9,11H,10,19H2,(H2,20,21,22,23). The van der Waals surface area contributed by atoms with Gasteiger partial charge in [0.1, 0.15) is 12.0 Å². The Morgan fingerprint density at radius 3 is 2.35 bits per heavy atom. The molecule has 0 radical (unpaired) electrons. The van der Waals surface area contributed by atoms with Crippen LogP contribution in [0.2, 0.25) is 5.02 Å². The molecule has 0 aliphatic carbocycles. The van der Waals surface area contributed by atoms with Crippen LogP contribution < -0.4 is 16.4 Å². The third kappa shape index (κ3) is 3.90. The number of nitrogens with zero attached hydrogens (tertiary/aromatic N) is 2. The van der Waals surface area contributed by atoms with Gasteiger partial charge < -0.3 is 16.4 Å². The van der Waals surface area contributed by atoms with Crippen LogP contribution in [0.3, 0.4) is 0 Å². The third-order valence-corrected chi connectivity index (χ3v) is 3.55. The van der Waals surface area contributed by atoms with Crippen molar-refractivity contribution >= 4 is 34.6 Å². The Balaban J connectivity index is 1.74. The number of halogens is 1. The molecule has 5 nitrogen and oxygen atoms in total. The molecule has 0 unspecified atom stereocenters. The number of nitrogen functional groups attached to an aromatic ring is 1. The summed E-state index contributed by atoms with van der Waals surface area (Å²) in [5.74, 6) is 1.15. The Kier molecular flexibility index (Phi) is 4.59. The first kappa shape index (κ1) is 15.1. The monoisotopic (exact) mass is 325 g/mol. The number of nitrogens with two attached hydrogens (primary N) is 1. The summed E-state index contributed by atoms with van der Waals surface area (Å²) in [6, 6.07) is 17.4. The van der Waals surface area contributed by atoms with Crippen molar-refractivity contribution in [2.24, 2.45) is 0 Å². The topological polar surface area (TPSA) is 75.9 Å². The number of aromatic nitrogens is 2. The summed E-state index contributed by atoms with van der Waals surface area (Å²) in [6.07, 6.45) is 1.47. The van der Waals surface area contributed by atoms with E-state index >= 15 is 0 Å². The fraction of sp³-hybridized carbons (Fsp3) is 0.0588. The lowest BCUT2D eigenvalue weighted by molar-refractivity contribution is 1.09. The second-order valence-electron chi connectivity index (χ2n) is 4.96. The minimum absolute atomic E-state index is 0.471. The van der Waals surface area contributed by atoms with Crippen molar-refractivity contribution in [1.29, 1.82) is 0 Å². The van der Waals surface area contributed by atoms with Crippen molar-refractivity contribution in [3.8, 4) is 0 Å². The van der Waals surface area contributed by atoms with E-state index in [9.17, 15) is 0 Å². The van der Waals surface area contributed by atoms with Crippen LogP contribution in [0.1, 0.15) is 5.56 Å². The van der Waals surface area contributed by atoms with Gasteiger partial charge in [0.2, 0.25) is 0 Å². The van der Waals surface area contributed by atoms with E-state index in [2.05, 4.69) is 20.6 Å². The molecule has 4 N–H and O–H groups in total. The molecule has 6 heteroatoms. The molecule has 23 heavy (non-hydrogen) atoms. The molecule has 0 aliphatic heterocycles. The normalized spacial score (nSPS) is 10.3. The van der Waals surface area contributed by atoms with Crippen LogP contribution in [-0.2, 0) is 6.54 Å². The molecule has 0 saturated heterocycles. The average molecular weight is 326 g/mol. The van der Waals surface area contributed by atoms with E-state index in [4.69, 9.17) is 17.3 Å². The summed E-state index contributed by atoms with van der Waals surface area (Å²) in [5, 5.41) is 7.07. The van der Waals surface area contributed by atoms with E-state index < -0.39 is 0 Å². The quantitative estimate of drug-likeness (QED) is 0.659. The highest BCUT2D eigenvalue weighted by Gasteiger charge is 2.08. The zero-order valence-corrected chi connectivity index (χ0v) is 13.1. The van der Waals surface area contributed by atoms with Gasteiger partial charge >= 0.3 is 0 Å². The fourth-order valence-electron chi connectivity index (χ4n) is 2.09. The fourth-order valence-corrected chi connectivity index (χ4v) is 2.21. The van der Waals surface area contributed by atoms with Gasteiger partial charge in [0, 0.05) is 17.3 Å². The van der Waals surface area contributed by atoms with E-state index in [0.29, 0.717) is 28.9 Å². The SMILES string of the molecule is Nc1c(NCc2ccccc2)ncnc1Nc1ccc(Cl)cc1. The van der Waals surface area contributed by atoms with Crippen LogP contribution in [0.25, 0.3) is 0 Å². The van der Waals surface area contributed by atoms with Crippen molar-refractivity contribution < 1.29 is 0 Å². The van der Waals surface area contributed by atoms with Gasteiger partial charge in [-0.15, -0.1) is 0 Å². The second-order valence-corrected chi connectivity index (χ2v) is 5.39. The lowest BCUT2D eigenvalue weighted by Gasteiger charge is -2.12. The zero-order chi connectivity index (χ0) is 16.1. The summed E-state index contributed by atoms with van der Waals surface area (Å²) in [7, 11) is 0. The molecule has 3 rings (SSSR count). The van der Waals surface area contributed by atoms with Crippen molar-refractivity contribution in [2.75, 3.05) is 16.4 Å². The van der Waals surface area contributed by atoms with E-state index in [1.54, 1.807) is 12.1 Å². The Labute approximate surface area is 139 Å². The van der Waals surface area contributed by atoms with Gasteiger partial charge in [0.15, 0.2) is 11.6 Å². The van der Waals surface area contributed by atoms with Crippen molar-refractivity contribution in [2.45, 2.75) is 6.54 Å². The molecule has 0 bridgehead atoms. The smallest absolute Gasteiger partial charge is 0.159 e. The lowest BCUT2D eigenvalue weighted by Crippen LogP contribution is -2.08. The Morgan fingerprint density at radius 2 is 1.61 bits per heavy atom. The summed E-state index contributed by atoms with van der Waals surface area (Å²) in [6.45, 7) is 0.641. The maximum absolute atomic E-state index is 6.15. The largest absolute Gasteiger partial charge is 0.393 e. The lowest BCUT2D eigenvalue weighted by atomic mass is 10.2. The van der Waals surface area contributed by atoms with E-state index in [1.807, 2.05) is 42.5 Å². The number of benzene rings is 2. The van der Waals surface area contributed by atoms with Crippen molar-refractivity contribution in [1.82, 2.24) is 9.97 Å². The highest BCUT2D eigenvalue weighted by atomic mass is 35.5. The average Bonchev–Trinajstić information content (AvgIpc) is 2.58. The molecular formula is C17H16ClN5. The predicted molar refractivity (Wildman–Crippen MR) is 94.9 cm³/mol. The minimum Gasteiger partial charge on any atom is -0.393 e. The van der Waals surface area contributed by atoms with Crippen LogP contribution in [0.15, 0.2) is 60.9 Å². The van der Waals surface area contributed by atoms with Crippen LogP contribution >= 0.6 is 11.6 Å². The maximum Gasteiger partial charge on any atom is 0.159 e. The first-order valence-corrected chi connectivity index (χ1v) is 7.51. The molecule has 1 aromatic heterocycles. The Hall–Kier alpha value is -2.79. The van der Waals surface area contributed by atoms with Gasteiger partial charge in [-0.25, -0.2) is 9.97 Å². The maximum atomic E-state index is 6.15. The van der Waals surface area contributed by atoms with Crippen LogP contribution in [0.5, 0.6) is 0 Å². The van der Waals surface area contributed by atoms with E-state index in [1.165, 1.54) is 6.33 Å². The Morgan fingerprint density at radius 1 is 0.913 bits per heavy atom. The van der Waals surface area contributed by atoms with Gasteiger partial charge in [-0.1, -0.05) is 41.9 Å². The number of nitrogens with one attached hydrogen (secondary N) is 2. The van der Waals surface area contributed by atoms with Gasteiger partial charge in [-0.2, -0.15) is 0 Å². The third-order valence-electron chi connectivity index (χ3n) is 3.29. The molecule has 2 aromatic carbocycles. The number of anilines is 4. The highest BCUT2D eigenvalue weighted by molar-refractivity contribution is 6.30. The molecule has 0 amide bonds. The number of hydrogen-bond acceptors (Lipinski definition) is 5. The molecule has 0 fully saturated rings. The molecule has 1 heterocycles. The molecule has 0 spiro atoms. The van der Waals surface area contributed by atoms with Crippen molar-refractivity contribution in [3.05, 3.63) is 71.5 Å². The molecule has 0 atom stereocenters. The van der Waals surface area contributed by atoms with Gasteiger partial charge in [-0.05, 0) is 29.8 Å².